The lowest BCUT2D eigenvalue weighted by Crippen LogP contribution is -2.11. The zero-order valence-corrected chi connectivity index (χ0v) is 14.6. The van der Waals surface area contributed by atoms with E-state index in [1.165, 1.54) is 19.1 Å². The van der Waals surface area contributed by atoms with Crippen molar-refractivity contribution in [2.45, 2.75) is 13.5 Å². The summed E-state index contributed by atoms with van der Waals surface area (Å²) < 4.78 is 24.1. The molecule has 0 saturated carbocycles. The molecule has 2 aliphatic rings. The molecule has 0 atom stereocenters. The van der Waals surface area contributed by atoms with Crippen LogP contribution >= 0.6 is 0 Å². The van der Waals surface area contributed by atoms with Gasteiger partial charge in [-0.05, 0) is 36.4 Å². The van der Waals surface area contributed by atoms with Gasteiger partial charge >= 0.3 is 5.97 Å². The normalized spacial score (nSPS) is 17.0. The monoisotopic (exact) mass is 368 g/mol. The van der Waals surface area contributed by atoms with E-state index >= 15 is 0 Å². The zero-order chi connectivity index (χ0) is 19.0. The summed E-state index contributed by atoms with van der Waals surface area (Å²) in [5, 5.41) is 5.86. The first-order valence-electron chi connectivity index (χ1n) is 8.52. The van der Waals surface area contributed by atoms with Crippen LogP contribution < -0.4 is 10.6 Å². The summed E-state index contributed by atoms with van der Waals surface area (Å²) in [7, 11) is 0. The molecule has 0 fully saturated rings. The molecule has 2 N–H and O–H groups in total. The Kier molecular flexibility index (Phi) is 4.27. The third-order valence-corrected chi connectivity index (χ3v) is 4.41. The predicted octanol–water partition coefficient (Wildman–Crippen LogP) is 3.15. The summed E-state index contributed by atoms with van der Waals surface area (Å²) in [5.41, 5.74) is 4.14. The van der Waals surface area contributed by atoms with E-state index in [4.69, 9.17) is 9.47 Å². The number of anilines is 2. The van der Waals surface area contributed by atoms with Gasteiger partial charge in [-0.1, -0.05) is 0 Å². The lowest BCUT2D eigenvalue weighted by atomic mass is 10.00. The van der Waals surface area contributed by atoms with E-state index in [1.54, 1.807) is 6.07 Å². The van der Waals surface area contributed by atoms with Gasteiger partial charge in [0.05, 0.1) is 11.3 Å². The van der Waals surface area contributed by atoms with E-state index in [2.05, 4.69) is 10.6 Å². The summed E-state index contributed by atoms with van der Waals surface area (Å²) >= 11 is 0. The summed E-state index contributed by atoms with van der Waals surface area (Å²) in [6.07, 6.45) is 0. The third kappa shape index (κ3) is 3.23. The number of benzene rings is 2. The molecule has 7 heteroatoms. The van der Waals surface area contributed by atoms with Crippen LogP contribution in [0.1, 0.15) is 23.6 Å². The van der Waals surface area contributed by atoms with Crippen molar-refractivity contribution < 1.29 is 23.5 Å². The molecule has 2 aromatic rings. The van der Waals surface area contributed by atoms with Gasteiger partial charge in [0.2, 0.25) is 0 Å². The molecule has 0 radical (unpaired) electrons. The van der Waals surface area contributed by atoms with E-state index < -0.39 is 5.82 Å². The van der Waals surface area contributed by atoms with Crippen LogP contribution in [0.15, 0.2) is 36.4 Å². The summed E-state index contributed by atoms with van der Waals surface area (Å²) in [5.74, 6) is -0.524. The zero-order valence-electron chi connectivity index (χ0n) is 14.6. The van der Waals surface area contributed by atoms with E-state index in [9.17, 15) is 14.0 Å². The highest BCUT2D eigenvalue weighted by Gasteiger charge is 2.32. The van der Waals surface area contributed by atoms with E-state index in [0.717, 1.165) is 16.8 Å². The molecule has 138 valence electrons. The highest BCUT2D eigenvalue weighted by Crippen LogP contribution is 2.42. The number of nitrogens with one attached hydrogen (secondary N) is 2. The predicted molar refractivity (Wildman–Crippen MR) is 98.2 cm³/mol. The maximum absolute atomic E-state index is 13.4. The number of hydrogen-bond acceptors (Lipinski definition) is 5. The minimum absolute atomic E-state index is 0.283. The van der Waals surface area contributed by atoms with Gasteiger partial charge in [-0.2, -0.15) is 0 Å². The maximum Gasteiger partial charge on any atom is 0.302 e. The van der Waals surface area contributed by atoms with Gasteiger partial charge < -0.3 is 20.1 Å². The number of rotatable bonds is 4. The average Bonchev–Trinajstić information content (AvgIpc) is 3.17. The Labute approximate surface area is 155 Å². The van der Waals surface area contributed by atoms with Gasteiger partial charge in [-0.15, -0.1) is 0 Å². The molecule has 2 heterocycles. The fraction of sp³-hybridized carbons (Fsp3) is 0.200. The minimum atomic E-state index is -0.405. The Morgan fingerprint density at radius 1 is 1.26 bits per heavy atom. The first kappa shape index (κ1) is 17.1. The fourth-order valence-electron chi connectivity index (χ4n) is 3.24. The summed E-state index contributed by atoms with van der Waals surface area (Å²) in [4.78, 5) is 23.2. The van der Waals surface area contributed by atoms with Crippen molar-refractivity contribution in [3.8, 4) is 0 Å². The second kappa shape index (κ2) is 6.75. The van der Waals surface area contributed by atoms with Crippen molar-refractivity contribution in [2.24, 2.45) is 0 Å². The van der Waals surface area contributed by atoms with Crippen LogP contribution in [0.3, 0.4) is 0 Å². The molecule has 0 aliphatic carbocycles. The molecule has 27 heavy (non-hydrogen) atoms. The largest absolute Gasteiger partial charge is 0.487 e. The van der Waals surface area contributed by atoms with Crippen LogP contribution in [0.2, 0.25) is 0 Å². The van der Waals surface area contributed by atoms with Gasteiger partial charge in [-0.25, -0.2) is 4.39 Å². The van der Waals surface area contributed by atoms with Crippen molar-refractivity contribution in [3.05, 3.63) is 58.9 Å². The number of carbonyl (C=O) groups is 2. The van der Waals surface area contributed by atoms with Crippen molar-refractivity contribution in [3.63, 3.8) is 0 Å². The second-order valence-corrected chi connectivity index (χ2v) is 6.28. The Hall–Kier alpha value is -3.35. The number of carbonyl (C=O) groups excluding carboxylic acids is 2. The second-order valence-electron chi connectivity index (χ2n) is 6.28. The SMILES string of the molecule is CC(=O)OCCNc1ccc2c(c1)CO/C2=C1/C(=O)Nc2cc(F)ccc21. The average molecular weight is 368 g/mol. The number of ether oxygens (including phenoxy) is 2. The number of hydrogen-bond donors (Lipinski definition) is 2. The fourth-order valence-corrected chi connectivity index (χ4v) is 3.24. The topological polar surface area (TPSA) is 76.7 Å². The van der Waals surface area contributed by atoms with Crippen molar-refractivity contribution in [1.29, 1.82) is 0 Å². The molecule has 0 bridgehead atoms. The Morgan fingerprint density at radius 2 is 2.07 bits per heavy atom. The first-order valence-corrected chi connectivity index (χ1v) is 8.52. The Balaban J connectivity index is 1.60. The molecule has 2 aliphatic heterocycles. The third-order valence-electron chi connectivity index (χ3n) is 4.41. The van der Waals surface area contributed by atoms with Crippen LogP contribution in [0.5, 0.6) is 0 Å². The van der Waals surface area contributed by atoms with Crippen LogP contribution in [0.25, 0.3) is 11.3 Å². The molecular weight excluding hydrogens is 351 g/mol. The molecule has 0 aromatic heterocycles. The van der Waals surface area contributed by atoms with Crippen LogP contribution in [0.4, 0.5) is 15.8 Å². The van der Waals surface area contributed by atoms with Gasteiger partial charge in [-0.3, -0.25) is 9.59 Å². The van der Waals surface area contributed by atoms with E-state index in [1.807, 2.05) is 18.2 Å². The van der Waals surface area contributed by atoms with Crippen molar-refractivity contribution >= 4 is 34.6 Å². The molecular formula is C20H17FN2O4. The number of esters is 1. The van der Waals surface area contributed by atoms with Gasteiger partial charge in [0.1, 0.15) is 24.8 Å². The number of fused-ring (bicyclic) bond motifs is 2. The lowest BCUT2D eigenvalue weighted by molar-refractivity contribution is -0.140. The number of halogens is 1. The molecule has 0 spiro atoms. The first-order chi connectivity index (χ1) is 13.0. The molecule has 1 amide bonds. The van der Waals surface area contributed by atoms with Gasteiger partial charge in [0, 0.05) is 35.8 Å². The number of amides is 1. The summed E-state index contributed by atoms with van der Waals surface area (Å²) in [6, 6.07) is 9.90. The molecule has 2 aromatic carbocycles. The Morgan fingerprint density at radius 3 is 2.89 bits per heavy atom. The molecule has 0 saturated heterocycles. The van der Waals surface area contributed by atoms with E-state index in [0.29, 0.717) is 35.7 Å². The van der Waals surface area contributed by atoms with Crippen molar-refractivity contribution in [1.82, 2.24) is 0 Å². The van der Waals surface area contributed by atoms with Crippen molar-refractivity contribution in [2.75, 3.05) is 23.8 Å². The quantitative estimate of drug-likeness (QED) is 0.493. The molecule has 6 nitrogen and oxygen atoms in total. The minimum Gasteiger partial charge on any atom is -0.487 e. The van der Waals surface area contributed by atoms with Crippen LogP contribution in [-0.4, -0.2) is 25.0 Å². The molecule has 0 unspecified atom stereocenters. The van der Waals surface area contributed by atoms with Gasteiger partial charge in [0.25, 0.3) is 5.91 Å². The molecule has 4 rings (SSSR count). The standard InChI is InChI=1S/C20H17FN2O4/c1-11(24)26-7-6-22-14-3-5-15-12(8-14)10-27-19(15)18-16-4-2-13(21)9-17(16)23-20(18)25/h2-5,8-9,22H,6-7,10H2,1H3,(H,23,25)/b19-18+. The Bertz CT molecular complexity index is 984. The summed E-state index contributed by atoms with van der Waals surface area (Å²) in [6.45, 7) is 2.49. The van der Waals surface area contributed by atoms with E-state index in [-0.39, 0.29) is 18.5 Å². The van der Waals surface area contributed by atoms with Crippen LogP contribution in [0, 0.1) is 5.82 Å². The highest BCUT2D eigenvalue weighted by atomic mass is 19.1. The smallest absolute Gasteiger partial charge is 0.302 e. The lowest BCUT2D eigenvalue weighted by Gasteiger charge is -2.08. The van der Waals surface area contributed by atoms with Gasteiger partial charge in [0.15, 0.2) is 0 Å². The maximum atomic E-state index is 13.4. The highest BCUT2D eigenvalue weighted by molar-refractivity contribution is 6.36. The van der Waals surface area contributed by atoms with Crippen LogP contribution in [-0.2, 0) is 25.7 Å².